The lowest BCUT2D eigenvalue weighted by molar-refractivity contribution is 0.0766. The third-order valence-corrected chi connectivity index (χ3v) is 3.45. The average molecular weight is 298 g/mol. The van der Waals surface area contributed by atoms with Gasteiger partial charge in [0.2, 0.25) is 0 Å². The highest BCUT2D eigenvalue weighted by atomic mass is 32.2. The molecule has 0 bridgehead atoms. The standard InChI is InChI=1S/C12H17N3O4S/c16-11-8-9(2-3-10(11)14-20(18)19)12(17)15-6-1-4-13-5-7-15/h2-3,8,13-14,16H,1,4-7H2,(H,18,19)/p-1. The van der Waals surface area contributed by atoms with Crippen LogP contribution in [-0.2, 0) is 11.3 Å². The van der Waals surface area contributed by atoms with E-state index in [4.69, 9.17) is 0 Å². The van der Waals surface area contributed by atoms with Crippen LogP contribution in [0.4, 0.5) is 5.69 Å². The van der Waals surface area contributed by atoms with Crippen LogP contribution < -0.4 is 10.0 Å². The number of rotatable bonds is 3. The monoisotopic (exact) mass is 298 g/mol. The van der Waals surface area contributed by atoms with Gasteiger partial charge in [-0.15, -0.1) is 0 Å². The van der Waals surface area contributed by atoms with E-state index in [9.17, 15) is 18.7 Å². The van der Waals surface area contributed by atoms with Crippen molar-refractivity contribution >= 4 is 22.9 Å². The average Bonchev–Trinajstić information content (AvgIpc) is 2.68. The van der Waals surface area contributed by atoms with E-state index in [2.05, 4.69) is 10.0 Å². The summed E-state index contributed by atoms with van der Waals surface area (Å²) in [6, 6.07) is 4.14. The van der Waals surface area contributed by atoms with Crippen LogP contribution >= 0.6 is 0 Å². The van der Waals surface area contributed by atoms with Gasteiger partial charge in [-0.2, -0.15) is 0 Å². The molecule has 0 radical (unpaired) electrons. The maximum Gasteiger partial charge on any atom is 0.254 e. The van der Waals surface area contributed by atoms with Crippen molar-refractivity contribution in [1.82, 2.24) is 10.2 Å². The van der Waals surface area contributed by atoms with Gasteiger partial charge in [0, 0.05) is 36.5 Å². The summed E-state index contributed by atoms with van der Waals surface area (Å²) in [6.07, 6.45) is 0.881. The first-order chi connectivity index (χ1) is 9.58. The molecule has 1 aromatic rings. The summed E-state index contributed by atoms with van der Waals surface area (Å²) in [4.78, 5) is 14.0. The summed E-state index contributed by atoms with van der Waals surface area (Å²) in [7, 11) is 0. The molecule has 8 heteroatoms. The molecule has 1 fully saturated rings. The summed E-state index contributed by atoms with van der Waals surface area (Å²) in [5, 5.41) is 12.9. The van der Waals surface area contributed by atoms with Gasteiger partial charge in [-0.25, -0.2) is 0 Å². The number of hydrogen-bond acceptors (Lipinski definition) is 5. The Morgan fingerprint density at radius 1 is 1.40 bits per heavy atom. The molecule has 1 heterocycles. The van der Waals surface area contributed by atoms with E-state index in [-0.39, 0.29) is 17.3 Å². The molecule has 1 amide bonds. The molecule has 1 aliphatic heterocycles. The fourth-order valence-electron chi connectivity index (χ4n) is 2.07. The van der Waals surface area contributed by atoms with E-state index >= 15 is 0 Å². The molecule has 0 spiro atoms. The van der Waals surface area contributed by atoms with Crippen molar-refractivity contribution in [1.29, 1.82) is 0 Å². The first kappa shape index (κ1) is 14.8. The summed E-state index contributed by atoms with van der Waals surface area (Å²) >= 11 is -2.51. The number of anilines is 1. The molecule has 1 saturated heterocycles. The van der Waals surface area contributed by atoms with Crippen molar-refractivity contribution in [3.63, 3.8) is 0 Å². The quantitative estimate of drug-likeness (QED) is 0.539. The first-order valence-electron chi connectivity index (χ1n) is 6.27. The molecule has 0 aromatic heterocycles. The Balaban J connectivity index is 2.13. The number of benzene rings is 1. The molecule has 2 rings (SSSR count). The number of aromatic hydroxyl groups is 1. The minimum absolute atomic E-state index is 0.0485. The Morgan fingerprint density at radius 3 is 2.90 bits per heavy atom. The topological polar surface area (TPSA) is 105 Å². The van der Waals surface area contributed by atoms with Gasteiger partial charge in [0.15, 0.2) is 0 Å². The Morgan fingerprint density at radius 2 is 2.20 bits per heavy atom. The third kappa shape index (κ3) is 3.69. The van der Waals surface area contributed by atoms with E-state index in [0.29, 0.717) is 18.7 Å². The Labute approximate surface area is 119 Å². The third-order valence-electron chi connectivity index (χ3n) is 3.07. The van der Waals surface area contributed by atoms with Gasteiger partial charge in [-0.3, -0.25) is 9.00 Å². The Hall–Kier alpha value is -1.64. The number of hydrogen-bond donors (Lipinski definition) is 3. The van der Waals surface area contributed by atoms with Gasteiger partial charge in [-0.1, -0.05) is 0 Å². The van der Waals surface area contributed by atoms with Crippen molar-refractivity contribution in [3.05, 3.63) is 23.8 Å². The molecule has 3 N–H and O–H groups in total. The molecule has 1 atom stereocenters. The zero-order valence-corrected chi connectivity index (χ0v) is 11.6. The number of phenolic OH excluding ortho intramolecular Hbond substituents is 1. The van der Waals surface area contributed by atoms with Gasteiger partial charge in [0.1, 0.15) is 5.75 Å². The van der Waals surface area contributed by atoms with Gasteiger partial charge in [0.25, 0.3) is 5.91 Å². The fourth-order valence-corrected chi connectivity index (χ4v) is 2.42. The predicted molar refractivity (Wildman–Crippen MR) is 74.0 cm³/mol. The van der Waals surface area contributed by atoms with E-state index < -0.39 is 11.3 Å². The zero-order valence-electron chi connectivity index (χ0n) is 10.8. The van der Waals surface area contributed by atoms with Crippen LogP contribution in [0.5, 0.6) is 5.75 Å². The molecule has 110 valence electrons. The van der Waals surface area contributed by atoms with Crippen molar-refractivity contribution in [3.8, 4) is 5.75 Å². The van der Waals surface area contributed by atoms with E-state index in [1.165, 1.54) is 18.2 Å². The van der Waals surface area contributed by atoms with Crippen LogP contribution in [0.15, 0.2) is 18.2 Å². The molecule has 20 heavy (non-hydrogen) atoms. The summed E-state index contributed by atoms with van der Waals surface area (Å²) < 4.78 is 23.1. The molecule has 1 aromatic carbocycles. The second kappa shape index (κ2) is 6.69. The zero-order chi connectivity index (χ0) is 14.5. The van der Waals surface area contributed by atoms with Crippen LogP contribution in [0.3, 0.4) is 0 Å². The summed E-state index contributed by atoms with van der Waals surface area (Å²) in [5.41, 5.74) is 0.388. The first-order valence-corrected chi connectivity index (χ1v) is 7.34. The van der Waals surface area contributed by atoms with Gasteiger partial charge < -0.3 is 24.6 Å². The van der Waals surface area contributed by atoms with Gasteiger partial charge >= 0.3 is 0 Å². The van der Waals surface area contributed by atoms with Crippen molar-refractivity contribution in [2.45, 2.75) is 6.42 Å². The van der Waals surface area contributed by atoms with Crippen LogP contribution in [0, 0.1) is 0 Å². The Kier molecular flexibility index (Phi) is 4.94. The molecule has 7 nitrogen and oxygen atoms in total. The summed E-state index contributed by atoms with van der Waals surface area (Å²) in [5.74, 6) is -0.438. The molecule has 1 unspecified atom stereocenters. The fraction of sp³-hybridized carbons (Fsp3) is 0.417. The van der Waals surface area contributed by atoms with Crippen molar-refractivity contribution in [2.75, 3.05) is 30.9 Å². The number of phenols is 1. The number of carbonyl (C=O) groups excluding carboxylic acids is 1. The number of nitrogens with one attached hydrogen (secondary N) is 2. The number of carbonyl (C=O) groups is 1. The van der Waals surface area contributed by atoms with Crippen LogP contribution in [0.1, 0.15) is 16.8 Å². The van der Waals surface area contributed by atoms with E-state index in [1.807, 2.05) is 0 Å². The van der Waals surface area contributed by atoms with E-state index in [0.717, 1.165) is 19.5 Å². The molecule has 0 saturated carbocycles. The van der Waals surface area contributed by atoms with Crippen LogP contribution in [-0.4, -0.2) is 50.9 Å². The van der Waals surface area contributed by atoms with Gasteiger partial charge in [-0.05, 0) is 31.2 Å². The largest absolute Gasteiger partial charge is 0.755 e. The van der Waals surface area contributed by atoms with Crippen molar-refractivity contribution < 1.29 is 18.7 Å². The number of amides is 1. The minimum Gasteiger partial charge on any atom is -0.755 e. The normalized spacial score (nSPS) is 17.4. The second-order valence-corrected chi connectivity index (χ2v) is 5.14. The van der Waals surface area contributed by atoms with Gasteiger partial charge in [0.05, 0.1) is 5.69 Å². The van der Waals surface area contributed by atoms with Crippen molar-refractivity contribution in [2.24, 2.45) is 0 Å². The molecular weight excluding hydrogens is 282 g/mol. The smallest absolute Gasteiger partial charge is 0.254 e. The maximum absolute atomic E-state index is 12.3. The number of nitrogens with zero attached hydrogens (tertiary/aromatic N) is 1. The molecule has 0 aliphatic carbocycles. The molecule has 1 aliphatic rings. The lowest BCUT2D eigenvalue weighted by atomic mass is 10.1. The highest BCUT2D eigenvalue weighted by molar-refractivity contribution is 7.80. The Bertz CT molecular complexity index is 515. The second-order valence-electron chi connectivity index (χ2n) is 4.46. The lowest BCUT2D eigenvalue weighted by Crippen LogP contribution is -2.34. The lowest BCUT2D eigenvalue weighted by Gasteiger charge is -2.20. The highest BCUT2D eigenvalue weighted by Gasteiger charge is 2.18. The summed E-state index contributed by atoms with van der Waals surface area (Å²) in [6.45, 7) is 2.90. The maximum atomic E-state index is 12.3. The molecular formula is C12H16N3O4S-. The SMILES string of the molecule is O=C(c1ccc(NS(=O)[O-])c(O)c1)N1CCCNCC1. The minimum atomic E-state index is -2.51. The van der Waals surface area contributed by atoms with Crippen LogP contribution in [0.2, 0.25) is 0 Å². The van der Waals surface area contributed by atoms with Crippen LogP contribution in [0.25, 0.3) is 0 Å². The predicted octanol–water partition coefficient (Wildman–Crippen LogP) is 0.0337. The highest BCUT2D eigenvalue weighted by Crippen LogP contribution is 2.25. The van der Waals surface area contributed by atoms with E-state index in [1.54, 1.807) is 4.90 Å².